The van der Waals surface area contributed by atoms with Crippen molar-refractivity contribution in [1.82, 2.24) is 5.43 Å². The van der Waals surface area contributed by atoms with Crippen LogP contribution in [0.4, 0.5) is 22.0 Å². The lowest BCUT2D eigenvalue weighted by Crippen LogP contribution is -2.24. The molecule has 11 heteroatoms. The van der Waals surface area contributed by atoms with E-state index in [1.54, 1.807) is 0 Å². The molecule has 2 aromatic carbocycles. The fourth-order valence-corrected chi connectivity index (χ4v) is 1.91. The third-order valence-corrected chi connectivity index (χ3v) is 2.99. The lowest BCUT2D eigenvalue weighted by atomic mass is 10.2. The van der Waals surface area contributed by atoms with Gasteiger partial charge in [0, 0.05) is 17.7 Å². The van der Waals surface area contributed by atoms with Crippen molar-refractivity contribution in [2.75, 3.05) is 6.61 Å². The molecular formula is C17H13F5N2O4. The minimum atomic E-state index is -3.22. The Labute approximate surface area is 155 Å². The van der Waals surface area contributed by atoms with Gasteiger partial charge in [-0.25, -0.2) is 9.82 Å². The van der Waals surface area contributed by atoms with Crippen LogP contribution < -0.4 is 19.6 Å². The van der Waals surface area contributed by atoms with Crippen molar-refractivity contribution in [3.63, 3.8) is 0 Å². The molecule has 150 valence electrons. The van der Waals surface area contributed by atoms with Crippen molar-refractivity contribution in [3.8, 4) is 17.2 Å². The van der Waals surface area contributed by atoms with E-state index in [9.17, 15) is 26.7 Å². The average molecular weight is 404 g/mol. The van der Waals surface area contributed by atoms with E-state index in [1.807, 2.05) is 0 Å². The van der Waals surface area contributed by atoms with Crippen LogP contribution in [0.5, 0.6) is 17.2 Å². The summed E-state index contributed by atoms with van der Waals surface area (Å²) >= 11 is 0. The molecule has 0 saturated carbocycles. The molecule has 6 nitrogen and oxygen atoms in total. The molecule has 0 atom stereocenters. The summed E-state index contributed by atoms with van der Waals surface area (Å²) in [5.41, 5.74) is 2.03. The quantitative estimate of drug-likeness (QED) is 0.394. The Morgan fingerprint density at radius 2 is 1.79 bits per heavy atom. The van der Waals surface area contributed by atoms with Crippen molar-refractivity contribution >= 4 is 12.1 Å². The molecule has 28 heavy (non-hydrogen) atoms. The lowest BCUT2D eigenvalue weighted by Gasteiger charge is -2.10. The number of hydrazone groups is 1. The van der Waals surface area contributed by atoms with E-state index in [1.165, 1.54) is 18.2 Å². The van der Waals surface area contributed by atoms with E-state index < -0.39 is 43.1 Å². The Balaban J connectivity index is 1.96. The van der Waals surface area contributed by atoms with Crippen LogP contribution in [0, 0.1) is 5.82 Å². The summed E-state index contributed by atoms with van der Waals surface area (Å²) in [6.45, 7) is -6.85. The lowest BCUT2D eigenvalue weighted by molar-refractivity contribution is -0.123. The van der Waals surface area contributed by atoms with Crippen molar-refractivity contribution in [2.24, 2.45) is 5.10 Å². The number of benzene rings is 2. The number of carbonyl (C=O) groups excluding carboxylic acids is 1. The van der Waals surface area contributed by atoms with Crippen LogP contribution in [-0.4, -0.2) is 32.0 Å². The highest BCUT2D eigenvalue weighted by molar-refractivity contribution is 5.85. The molecule has 2 aromatic rings. The molecule has 0 radical (unpaired) electrons. The van der Waals surface area contributed by atoms with Crippen LogP contribution in [0.15, 0.2) is 47.6 Å². The first-order valence-corrected chi connectivity index (χ1v) is 7.57. The highest BCUT2D eigenvalue weighted by atomic mass is 19.3. The summed E-state index contributed by atoms with van der Waals surface area (Å²) in [6, 6.07) is 8.16. The zero-order valence-electron chi connectivity index (χ0n) is 14.0. The number of nitrogens with one attached hydrogen (secondary N) is 1. The second-order valence-corrected chi connectivity index (χ2v) is 5.00. The Bertz CT molecular complexity index is 833. The molecule has 1 amide bonds. The molecule has 2 rings (SSSR count). The van der Waals surface area contributed by atoms with Crippen LogP contribution in [-0.2, 0) is 4.79 Å². The normalized spacial score (nSPS) is 11.1. The summed E-state index contributed by atoms with van der Waals surface area (Å²) in [6.07, 6.45) is 0.962. The first-order valence-electron chi connectivity index (χ1n) is 7.57. The maximum absolute atomic E-state index is 13.0. The van der Waals surface area contributed by atoms with E-state index in [4.69, 9.17) is 4.74 Å². The van der Waals surface area contributed by atoms with E-state index in [2.05, 4.69) is 20.0 Å². The second-order valence-electron chi connectivity index (χ2n) is 5.00. The predicted octanol–water partition coefficient (Wildman–Crippen LogP) is 3.56. The number of hydrogen-bond acceptors (Lipinski definition) is 5. The summed E-state index contributed by atoms with van der Waals surface area (Å²) in [7, 11) is 0. The monoisotopic (exact) mass is 404 g/mol. The highest BCUT2D eigenvalue weighted by Gasteiger charge is 2.12. The van der Waals surface area contributed by atoms with Crippen LogP contribution >= 0.6 is 0 Å². The molecule has 0 unspecified atom stereocenters. The minimum Gasteiger partial charge on any atom is -0.484 e. The zero-order chi connectivity index (χ0) is 20.5. The molecule has 0 aliphatic rings. The number of rotatable bonds is 9. The fourth-order valence-electron chi connectivity index (χ4n) is 1.91. The molecule has 1 N–H and O–H groups in total. The summed E-state index contributed by atoms with van der Waals surface area (Å²) in [5, 5.41) is 3.54. The Kier molecular flexibility index (Phi) is 7.55. The van der Waals surface area contributed by atoms with E-state index in [0.29, 0.717) is 0 Å². The smallest absolute Gasteiger partial charge is 0.387 e. The van der Waals surface area contributed by atoms with Crippen LogP contribution in [0.3, 0.4) is 0 Å². The third kappa shape index (κ3) is 7.09. The van der Waals surface area contributed by atoms with Gasteiger partial charge in [0.05, 0.1) is 6.21 Å². The molecule has 0 heterocycles. The van der Waals surface area contributed by atoms with Gasteiger partial charge in [-0.05, 0) is 24.3 Å². The Morgan fingerprint density at radius 3 is 2.46 bits per heavy atom. The maximum atomic E-state index is 13.0. The van der Waals surface area contributed by atoms with Gasteiger partial charge in [0.25, 0.3) is 5.91 Å². The van der Waals surface area contributed by atoms with Gasteiger partial charge in [-0.15, -0.1) is 0 Å². The molecule has 0 aliphatic heterocycles. The van der Waals surface area contributed by atoms with Crippen molar-refractivity contribution in [2.45, 2.75) is 13.2 Å². The SMILES string of the molecule is O=C(COc1cccc(F)c1)N/N=C\c1ccc(OC(F)F)cc1OC(F)F. The third-order valence-electron chi connectivity index (χ3n) is 2.99. The number of hydrogen-bond donors (Lipinski definition) is 1. The van der Waals surface area contributed by atoms with Crippen molar-refractivity contribution < 1.29 is 41.0 Å². The van der Waals surface area contributed by atoms with E-state index >= 15 is 0 Å². The zero-order valence-corrected chi connectivity index (χ0v) is 14.0. The maximum Gasteiger partial charge on any atom is 0.387 e. The van der Waals surface area contributed by atoms with Gasteiger partial charge in [-0.1, -0.05) is 6.07 Å². The van der Waals surface area contributed by atoms with Gasteiger partial charge >= 0.3 is 13.2 Å². The minimum absolute atomic E-state index is 0.0340. The highest BCUT2D eigenvalue weighted by Crippen LogP contribution is 2.26. The first-order chi connectivity index (χ1) is 13.3. The Morgan fingerprint density at radius 1 is 1.04 bits per heavy atom. The van der Waals surface area contributed by atoms with Gasteiger partial charge < -0.3 is 14.2 Å². The summed E-state index contributed by atoms with van der Waals surface area (Å²) in [5.74, 6) is -2.00. The molecule has 0 aliphatic carbocycles. The number of nitrogens with zero attached hydrogens (tertiary/aromatic N) is 1. The first kappa shape index (κ1) is 20.9. The van der Waals surface area contributed by atoms with Gasteiger partial charge in [0.15, 0.2) is 6.61 Å². The van der Waals surface area contributed by atoms with Crippen LogP contribution in [0.1, 0.15) is 5.56 Å². The number of halogens is 5. The predicted molar refractivity (Wildman–Crippen MR) is 87.3 cm³/mol. The van der Waals surface area contributed by atoms with Gasteiger partial charge in [-0.3, -0.25) is 4.79 Å². The number of amides is 1. The van der Waals surface area contributed by atoms with Crippen molar-refractivity contribution in [1.29, 1.82) is 0 Å². The topological polar surface area (TPSA) is 69.2 Å². The molecular weight excluding hydrogens is 391 g/mol. The number of alkyl halides is 4. The van der Waals surface area contributed by atoms with Gasteiger partial charge in [0.1, 0.15) is 23.1 Å². The molecule has 0 saturated heterocycles. The molecule has 0 bridgehead atoms. The average Bonchev–Trinajstić information content (AvgIpc) is 2.61. The van der Waals surface area contributed by atoms with E-state index in [-0.39, 0.29) is 11.3 Å². The second kappa shape index (κ2) is 10.1. The van der Waals surface area contributed by atoms with Crippen molar-refractivity contribution in [3.05, 3.63) is 53.8 Å². The molecule has 0 fully saturated rings. The van der Waals surface area contributed by atoms with Gasteiger partial charge in [-0.2, -0.15) is 22.7 Å². The van der Waals surface area contributed by atoms with E-state index in [0.717, 1.165) is 30.5 Å². The van der Waals surface area contributed by atoms with Crippen LogP contribution in [0.2, 0.25) is 0 Å². The summed E-state index contributed by atoms with van der Waals surface area (Å²) in [4.78, 5) is 11.6. The summed E-state index contributed by atoms with van der Waals surface area (Å²) < 4.78 is 75.7. The standard InChI is InChI=1S/C17H13F5N2O4/c18-11-2-1-3-12(6-11)26-9-15(25)24-23-8-10-4-5-13(27-16(19)20)7-14(10)28-17(21)22/h1-8,16-17H,9H2,(H,24,25)/b23-8-. The Hall–Kier alpha value is -3.37. The van der Waals surface area contributed by atoms with Gasteiger partial charge in [0.2, 0.25) is 0 Å². The molecule has 0 spiro atoms. The molecule has 0 aromatic heterocycles. The van der Waals surface area contributed by atoms with Crippen LogP contribution in [0.25, 0.3) is 0 Å². The largest absolute Gasteiger partial charge is 0.484 e. The fraction of sp³-hybridized carbons (Fsp3) is 0.176. The number of ether oxygens (including phenoxy) is 3. The number of carbonyl (C=O) groups is 1.